The van der Waals surface area contributed by atoms with Crippen LogP contribution in [0.2, 0.25) is 0 Å². The minimum Gasteiger partial charge on any atom is -0.351 e. The molecule has 0 aliphatic heterocycles. The number of hydrogen-bond donors (Lipinski definition) is 1. The third-order valence-electron chi connectivity index (χ3n) is 3.45. The Kier molecular flexibility index (Phi) is 4.91. The van der Waals surface area contributed by atoms with E-state index >= 15 is 0 Å². The lowest BCUT2D eigenvalue weighted by molar-refractivity contribution is 0.0924. The summed E-state index contributed by atoms with van der Waals surface area (Å²) >= 11 is 3.07. The van der Waals surface area contributed by atoms with Gasteiger partial charge in [0.2, 0.25) is 0 Å². The second-order valence-electron chi connectivity index (χ2n) is 5.45. The highest BCUT2D eigenvalue weighted by Gasteiger charge is 2.23. The van der Waals surface area contributed by atoms with E-state index in [1.807, 2.05) is 0 Å². The lowest BCUT2D eigenvalue weighted by Gasteiger charge is -2.29. The van der Waals surface area contributed by atoms with Crippen molar-refractivity contribution in [1.82, 2.24) is 5.32 Å². The van der Waals surface area contributed by atoms with E-state index in [0.717, 1.165) is 0 Å². The van der Waals surface area contributed by atoms with Crippen LogP contribution in [0.5, 0.6) is 0 Å². The van der Waals surface area contributed by atoms with Crippen LogP contribution >= 0.6 is 15.9 Å². The Balaban J connectivity index is 2.69. The molecule has 0 unspecified atom stereocenters. The lowest BCUT2D eigenvalue weighted by atomic mass is 9.81. The molecule has 0 heterocycles. The number of amides is 1. The van der Waals surface area contributed by atoms with Gasteiger partial charge in [-0.25, -0.2) is 4.39 Å². The van der Waals surface area contributed by atoms with Crippen molar-refractivity contribution in [3.63, 3.8) is 0 Å². The third kappa shape index (κ3) is 3.80. The van der Waals surface area contributed by atoms with Crippen LogP contribution in [0.3, 0.4) is 0 Å². The summed E-state index contributed by atoms with van der Waals surface area (Å²) in [4.78, 5) is 11.9. The summed E-state index contributed by atoms with van der Waals surface area (Å²) in [7, 11) is 0. The van der Waals surface area contributed by atoms with Gasteiger partial charge in [0.05, 0.1) is 4.47 Å². The first kappa shape index (κ1) is 15.2. The normalized spacial score (nSPS) is 11.7. The molecule has 0 bridgehead atoms. The summed E-state index contributed by atoms with van der Waals surface area (Å²) < 4.78 is 13.4. The summed E-state index contributed by atoms with van der Waals surface area (Å²) in [6.45, 7) is 9.07. The molecule has 0 aliphatic rings. The number of rotatable bonds is 4. The molecule has 1 rings (SSSR count). The molecule has 100 valence electrons. The summed E-state index contributed by atoms with van der Waals surface area (Å²) in [5.74, 6) is -0.0729. The van der Waals surface area contributed by atoms with Crippen LogP contribution in [0.15, 0.2) is 22.7 Å². The van der Waals surface area contributed by atoms with E-state index in [0.29, 0.717) is 22.5 Å². The fraction of sp³-hybridized carbons (Fsp3) is 0.500. The van der Waals surface area contributed by atoms with Crippen LogP contribution in [0.25, 0.3) is 0 Å². The molecule has 0 fully saturated rings. The van der Waals surface area contributed by atoms with Gasteiger partial charge in [0.1, 0.15) is 5.82 Å². The first-order chi connectivity index (χ1) is 8.24. The van der Waals surface area contributed by atoms with Crippen molar-refractivity contribution < 1.29 is 9.18 Å². The Morgan fingerprint density at radius 2 is 2.06 bits per heavy atom. The monoisotopic (exact) mass is 315 g/mol. The molecular formula is C14H19BrFNO. The van der Waals surface area contributed by atoms with E-state index in [1.165, 1.54) is 18.2 Å². The average Bonchev–Trinajstić information content (AvgIpc) is 2.29. The SMILES string of the molecule is CC(C)C(C)(C)CNC(=O)c1ccc(F)c(Br)c1. The van der Waals surface area contributed by atoms with Crippen LogP contribution in [0.1, 0.15) is 38.1 Å². The summed E-state index contributed by atoms with van der Waals surface area (Å²) in [6.07, 6.45) is 0. The van der Waals surface area contributed by atoms with Gasteiger partial charge >= 0.3 is 0 Å². The van der Waals surface area contributed by atoms with Crippen molar-refractivity contribution >= 4 is 21.8 Å². The summed E-state index contributed by atoms with van der Waals surface area (Å²) in [5.41, 5.74) is 0.496. The van der Waals surface area contributed by atoms with Crippen molar-refractivity contribution in [3.8, 4) is 0 Å². The van der Waals surface area contributed by atoms with E-state index in [2.05, 4.69) is 48.9 Å². The topological polar surface area (TPSA) is 29.1 Å². The van der Waals surface area contributed by atoms with Crippen LogP contribution in [-0.4, -0.2) is 12.5 Å². The van der Waals surface area contributed by atoms with Gasteiger partial charge in [-0.3, -0.25) is 4.79 Å². The van der Waals surface area contributed by atoms with Gasteiger partial charge in [-0.05, 0) is 45.5 Å². The Morgan fingerprint density at radius 1 is 1.44 bits per heavy atom. The van der Waals surface area contributed by atoms with Crippen molar-refractivity contribution in [1.29, 1.82) is 0 Å². The van der Waals surface area contributed by atoms with Gasteiger partial charge in [0.15, 0.2) is 0 Å². The first-order valence-corrected chi connectivity index (χ1v) is 6.76. The van der Waals surface area contributed by atoms with Crippen LogP contribution in [0, 0.1) is 17.2 Å². The van der Waals surface area contributed by atoms with Crippen molar-refractivity contribution in [2.24, 2.45) is 11.3 Å². The van der Waals surface area contributed by atoms with Crippen LogP contribution in [-0.2, 0) is 0 Å². The molecule has 0 saturated carbocycles. The molecular weight excluding hydrogens is 297 g/mol. The molecule has 4 heteroatoms. The molecule has 1 aromatic carbocycles. The lowest BCUT2D eigenvalue weighted by Crippen LogP contribution is -2.36. The Bertz CT molecular complexity index is 443. The van der Waals surface area contributed by atoms with E-state index in [9.17, 15) is 9.18 Å². The van der Waals surface area contributed by atoms with Gasteiger partial charge in [0.25, 0.3) is 5.91 Å². The van der Waals surface area contributed by atoms with Gasteiger partial charge in [-0.15, -0.1) is 0 Å². The molecule has 0 aromatic heterocycles. The maximum absolute atomic E-state index is 13.1. The zero-order valence-electron chi connectivity index (χ0n) is 11.2. The molecule has 18 heavy (non-hydrogen) atoms. The molecule has 2 nitrogen and oxygen atoms in total. The average molecular weight is 316 g/mol. The van der Waals surface area contributed by atoms with Crippen LogP contribution in [0.4, 0.5) is 4.39 Å². The number of carbonyl (C=O) groups excluding carboxylic acids is 1. The molecule has 1 amide bonds. The molecule has 1 aromatic rings. The van der Waals surface area contributed by atoms with E-state index in [-0.39, 0.29) is 17.1 Å². The fourth-order valence-corrected chi connectivity index (χ4v) is 1.63. The number of halogens is 2. The molecule has 1 N–H and O–H groups in total. The minimum absolute atomic E-state index is 0.0346. The Labute approximate surface area is 116 Å². The minimum atomic E-state index is -0.367. The van der Waals surface area contributed by atoms with Gasteiger partial charge in [0, 0.05) is 12.1 Å². The number of carbonyl (C=O) groups is 1. The smallest absolute Gasteiger partial charge is 0.251 e. The first-order valence-electron chi connectivity index (χ1n) is 5.97. The van der Waals surface area contributed by atoms with Gasteiger partial charge in [-0.2, -0.15) is 0 Å². The summed E-state index contributed by atoms with van der Waals surface area (Å²) in [6, 6.07) is 4.26. The largest absolute Gasteiger partial charge is 0.351 e. The molecule has 0 spiro atoms. The highest BCUT2D eigenvalue weighted by Crippen LogP contribution is 2.25. The van der Waals surface area contributed by atoms with E-state index < -0.39 is 0 Å². The van der Waals surface area contributed by atoms with E-state index in [1.54, 1.807) is 0 Å². The predicted octanol–water partition coefficient (Wildman–Crippen LogP) is 4.00. The van der Waals surface area contributed by atoms with Crippen molar-refractivity contribution in [2.75, 3.05) is 6.54 Å². The van der Waals surface area contributed by atoms with Gasteiger partial charge < -0.3 is 5.32 Å². The van der Waals surface area contributed by atoms with Crippen molar-refractivity contribution in [3.05, 3.63) is 34.1 Å². The molecule has 0 radical (unpaired) electrons. The Hall–Kier alpha value is -0.900. The zero-order chi connectivity index (χ0) is 13.9. The molecule has 0 saturated heterocycles. The second kappa shape index (κ2) is 5.83. The van der Waals surface area contributed by atoms with Gasteiger partial charge in [-0.1, -0.05) is 27.7 Å². The zero-order valence-corrected chi connectivity index (χ0v) is 12.8. The number of benzene rings is 1. The highest BCUT2D eigenvalue weighted by atomic mass is 79.9. The standard InChI is InChI=1S/C14H19BrFNO/c1-9(2)14(3,4)8-17-13(18)10-5-6-12(16)11(15)7-10/h5-7,9H,8H2,1-4H3,(H,17,18). The quantitative estimate of drug-likeness (QED) is 0.894. The number of nitrogens with one attached hydrogen (secondary N) is 1. The maximum atomic E-state index is 13.1. The maximum Gasteiger partial charge on any atom is 0.251 e. The predicted molar refractivity (Wildman–Crippen MR) is 75.1 cm³/mol. The highest BCUT2D eigenvalue weighted by molar-refractivity contribution is 9.10. The number of hydrogen-bond acceptors (Lipinski definition) is 1. The van der Waals surface area contributed by atoms with Crippen LogP contribution < -0.4 is 5.32 Å². The third-order valence-corrected chi connectivity index (χ3v) is 4.06. The molecule has 0 aliphatic carbocycles. The van der Waals surface area contributed by atoms with E-state index in [4.69, 9.17) is 0 Å². The van der Waals surface area contributed by atoms with Crippen molar-refractivity contribution in [2.45, 2.75) is 27.7 Å². The second-order valence-corrected chi connectivity index (χ2v) is 6.31. The Morgan fingerprint density at radius 3 is 2.56 bits per heavy atom. The summed E-state index contributed by atoms with van der Waals surface area (Å²) in [5, 5.41) is 2.89. The molecule has 0 atom stereocenters. The fourth-order valence-electron chi connectivity index (χ4n) is 1.25.